The first-order valence-electron chi connectivity index (χ1n) is 6.79. The predicted molar refractivity (Wildman–Crippen MR) is 100.0 cm³/mol. The Morgan fingerprint density at radius 1 is 1.41 bits per heavy atom. The molecule has 0 spiro atoms. The first-order chi connectivity index (χ1) is 10.0. The Balaban J connectivity index is 0.00000242. The summed E-state index contributed by atoms with van der Waals surface area (Å²) < 4.78 is 4.93. The van der Waals surface area contributed by atoms with Gasteiger partial charge in [0.25, 0.3) is 0 Å². The van der Waals surface area contributed by atoms with Gasteiger partial charge in [0.1, 0.15) is 0 Å². The Morgan fingerprint density at radius 2 is 2.18 bits per heavy atom. The number of thiophene rings is 1. The third-order valence-corrected chi connectivity index (χ3v) is 4.33. The second kappa shape index (κ2) is 8.47. The van der Waals surface area contributed by atoms with Crippen molar-refractivity contribution in [1.29, 1.82) is 0 Å². The predicted octanol–water partition coefficient (Wildman–Crippen LogP) is 2.70. The minimum absolute atomic E-state index is 0. The summed E-state index contributed by atoms with van der Waals surface area (Å²) in [4.78, 5) is 9.70. The van der Waals surface area contributed by atoms with Crippen LogP contribution in [0.1, 0.15) is 30.4 Å². The lowest BCUT2D eigenvalue weighted by molar-refractivity contribution is 0.386. The van der Waals surface area contributed by atoms with Crippen molar-refractivity contribution in [2.45, 2.75) is 32.7 Å². The molecule has 0 saturated carbocycles. The molecule has 0 aromatic carbocycles. The van der Waals surface area contributed by atoms with Crippen molar-refractivity contribution < 1.29 is 4.52 Å². The Kier molecular flexibility index (Phi) is 7.27. The van der Waals surface area contributed by atoms with Crippen LogP contribution >= 0.6 is 35.3 Å². The van der Waals surface area contributed by atoms with E-state index >= 15 is 0 Å². The standard InChI is InChI=1S/C14H21N5OS.HI/c1-10-18-12(19-20-10)8-16-13(15-4)17-9-14(2,3)11-6-5-7-21-11;/h5-7H,8-9H2,1-4H3,(H2,15,16,17);1H. The Bertz CT molecular complexity index is 594. The van der Waals surface area contributed by atoms with E-state index in [1.54, 1.807) is 25.3 Å². The van der Waals surface area contributed by atoms with Gasteiger partial charge in [0.2, 0.25) is 5.89 Å². The number of nitrogens with zero attached hydrogens (tertiary/aromatic N) is 3. The van der Waals surface area contributed by atoms with Gasteiger partial charge in [-0.2, -0.15) is 4.98 Å². The summed E-state index contributed by atoms with van der Waals surface area (Å²) in [5, 5.41) is 12.5. The van der Waals surface area contributed by atoms with Crippen LogP contribution in [0.5, 0.6) is 0 Å². The number of hydrogen-bond acceptors (Lipinski definition) is 5. The molecule has 2 aromatic heterocycles. The maximum Gasteiger partial charge on any atom is 0.223 e. The highest BCUT2D eigenvalue weighted by molar-refractivity contribution is 14.0. The van der Waals surface area contributed by atoms with Gasteiger partial charge in [0.05, 0.1) is 6.54 Å². The molecule has 2 heterocycles. The second-order valence-corrected chi connectivity index (χ2v) is 6.32. The molecule has 2 N–H and O–H groups in total. The molecule has 8 heteroatoms. The summed E-state index contributed by atoms with van der Waals surface area (Å²) in [6.07, 6.45) is 0. The van der Waals surface area contributed by atoms with E-state index in [1.165, 1.54) is 4.88 Å². The average Bonchev–Trinajstić information content (AvgIpc) is 3.10. The third kappa shape index (κ3) is 5.24. The molecule has 0 fully saturated rings. The monoisotopic (exact) mass is 435 g/mol. The zero-order chi connectivity index (χ0) is 15.3. The molecule has 0 saturated heterocycles. The number of rotatable bonds is 5. The molecular weight excluding hydrogens is 413 g/mol. The van der Waals surface area contributed by atoms with Crippen molar-refractivity contribution in [3.63, 3.8) is 0 Å². The summed E-state index contributed by atoms with van der Waals surface area (Å²) in [7, 11) is 1.74. The molecule has 0 aliphatic heterocycles. The smallest absolute Gasteiger partial charge is 0.223 e. The molecular formula is C14H22IN5OS. The second-order valence-electron chi connectivity index (χ2n) is 5.37. The summed E-state index contributed by atoms with van der Waals surface area (Å²) in [6, 6.07) is 4.23. The van der Waals surface area contributed by atoms with E-state index in [9.17, 15) is 0 Å². The number of halogens is 1. The zero-order valence-electron chi connectivity index (χ0n) is 13.2. The molecule has 0 aliphatic carbocycles. The maximum atomic E-state index is 4.93. The summed E-state index contributed by atoms with van der Waals surface area (Å²) in [5.74, 6) is 1.91. The molecule has 0 radical (unpaired) electrons. The minimum Gasteiger partial charge on any atom is -0.356 e. The van der Waals surface area contributed by atoms with E-state index in [-0.39, 0.29) is 29.4 Å². The number of hydrogen-bond donors (Lipinski definition) is 2. The van der Waals surface area contributed by atoms with Crippen molar-refractivity contribution in [2.75, 3.05) is 13.6 Å². The van der Waals surface area contributed by atoms with Crippen LogP contribution in [-0.4, -0.2) is 29.7 Å². The zero-order valence-corrected chi connectivity index (χ0v) is 16.4. The molecule has 122 valence electrons. The Morgan fingerprint density at radius 3 is 2.73 bits per heavy atom. The molecule has 0 atom stereocenters. The number of nitrogens with one attached hydrogen (secondary N) is 2. The van der Waals surface area contributed by atoms with Crippen LogP contribution < -0.4 is 10.6 Å². The van der Waals surface area contributed by atoms with E-state index < -0.39 is 0 Å². The van der Waals surface area contributed by atoms with Gasteiger partial charge in [-0.1, -0.05) is 25.1 Å². The Hall–Kier alpha value is -1.16. The summed E-state index contributed by atoms with van der Waals surface area (Å²) >= 11 is 1.77. The molecule has 0 aliphatic rings. The fourth-order valence-electron chi connectivity index (χ4n) is 1.85. The van der Waals surface area contributed by atoms with Gasteiger partial charge < -0.3 is 15.2 Å². The first kappa shape index (κ1) is 18.9. The number of aromatic nitrogens is 2. The van der Waals surface area contributed by atoms with E-state index in [0.717, 1.165) is 12.5 Å². The lowest BCUT2D eigenvalue weighted by atomic mass is 9.91. The van der Waals surface area contributed by atoms with Gasteiger partial charge in [0.15, 0.2) is 11.8 Å². The fraction of sp³-hybridized carbons (Fsp3) is 0.500. The van der Waals surface area contributed by atoms with E-state index in [4.69, 9.17) is 4.52 Å². The van der Waals surface area contributed by atoms with Crippen molar-refractivity contribution in [2.24, 2.45) is 4.99 Å². The fourth-order valence-corrected chi connectivity index (χ4v) is 2.70. The van der Waals surface area contributed by atoms with Crippen molar-refractivity contribution >= 4 is 41.3 Å². The van der Waals surface area contributed by atoms with Crippen LogP contribution in [0.3, 0.4) is 0 Å². The van der Waals surface area contributed by atoms with Gasteiger partial charge in [-0.15, -0.1) is 35.3 Å². The van der Waals surface area contributed by atoms with Crippen LogP contribution in [0.15, 0.2) is 27.0 Å². The average molecular weight is 435 g/mol. The first-order valence-corrected chi connectivity index (χ1v) is 7.67. The summed E-state index contributed by atoms with van der Waals surface area (Å²) in [5.41, 5.74) is 0.0501. The van der Waals surface area contributed by atoms with Crippen molar-refractivity contribution in [1.82, 2.24) is 20.8 Å². The summed E-state index contributed by atoms with van der Waals surface area (Å²) in [6.45, 7) is 7.46. The molecule has 6 nitrogen and oxygen atoms in total. The Labute approximate surface area is 151 Å². The van der Waals surface area contributed by atoms with Crippen LogP contribution in [0.4, 0.5) is 0 Å². The van der Waals surface area contributed by atoms with E-state index in [1.807, 2.05) is 0 Å². The van der Waals surface area contributed by atoms with Gasteiger partial charge in [-0.05, 0) is 11.4 Å². The van der Waals surface area contributed by atoms with E-state index in [0.29, 0.717) is 18.3 Å². The lowest BCUT2D eigenvalue weighted by Gasteiger charge is -2.24. The number of guanidine groups is 1. The molecule has 2 aromatic rings. The number of aryl methyl sites for hydroxylation is 1. The molecule has 0 unspecified atom stereocenters. The van der Waals surface area contributed by atoms with Crippen LogP contribution in [0.2, 0.25) is 0 Å². The van der Waals surface area contributed by atoms with Gasteiger partial charge in [-0.3, -0.25) is 4.99 Å². The highest BCUT2D eigenvalue weighted by atomic mass is 127. The van der Waals surface area contributed by atoms with Crippen LogP contribution in [-0.2, 0) is 12.0 Å². The topological polar surface area (TPSA) is 75.3 Å². The number of aliphatic imine (C=N–C) groups is 1. The van der Waals surface area contributed by atoms with Gasteiger partial charge >= 0.3 is 0 Å². The molecule has 22 heavy (non-hydrogen) atoms. The maximum absolute atomic E-state index is 4.93. The van der Waals surface area contributed by atoms with Crippen molar-refractivity contribution in [3.05, 3.63) is 34.1 Å². The van der Waals surface area contributed by atoms with Crippen LogP contribution in [0.25, 0.3) is 0 Å². The third-order valence-electron chi connectivity index (χ3n) is 3.09. The highest BCUT2D eigenvalue weighted by Gasteiger charge is 2.21. The van der Waals surface area contributed by atoms with Gasteiger partial charge in [-0.25, -0.2) is 0 Å². The highest BCUT2D eigenvalue weighted by Crippen LogP contribution is 2.26. The van der Waals surface area contributed by atoms with E-state index in [2.05, 4.69) is 57.1 Å². The molecule has 0 amide bonds. The molecule has 2 rings (SSSR count). The quantitative estimate of drug-likeness (QED) is 0.429. The molecule has 0 bridgehead atoms. The van der Waals surface area contributed by atoms with Crippen molar-refractivity contribution in [3.8, 4) is 0 Å². The van der Waals surface area contributed by atoms with Gasteiger partial charge in [0, 0.05) is 30.8 Å². The normalized spacial score (nSPS) is 11.9. The minimum atomic E-state index is 0. The van der Waals surface area contributed by atoms with Crippen LogP contribution in [0, 0.1) is 6.92 Å². The SMILES string of the molecule is CN=C(NCc1noc(C)n1)NCC(C)(C)c1cccs1.I. The largest absolute Gasteiger partial charge is 0.356 e. The lowest BCUT2D eigenvalue weighted by Crippen LogP contribution is -2.43.